The summed E-state index contributed by atoms with van der Waals surface area (Å²) < 4.78 is 1.95. The van der Waals surface area contributed by atoms with Crippen molar-refractivity contribution in [1.82, 2.24) is 19.7 Å². The third-order valence-electron chi connectivity index (χ3n) is 5.69. The first-order valence-electron chi connectivity index (χ1n) is 9.73. The second kappa shape index (κ2) is 6.77. The number of nitrogen functional groups attached to an aromatic ring is 2. The molecule has 0 radical (unpaired) electrons. The molecule has 0 saturated carbocycles. The highest BCUT2D eigenvalue weighted by Crippen LogP contribution is 2.34. The number of benzene rings is 2. The number of anilines is 3. The smallest absolute Gasteiger partial charge is 0.224 e. The fourth-order valence-electron chi connectivity index (χ4n) is 4.20. The molecule has 2 aromatic heterocycles. The maximum absolute atomic E-state index is 6.03. The molecule has 146 valence electrons. The van der Waals surface area contributed by atoms with E-state index in [-0.39, 0.29) is 12.0 Å². The number of hydrogen-bond acceptors (Lipinski definition) is 6. The Morgan fingerprint density at radius 1 is 1.03 bits per heavy atom. The van der Waals surface area contributed by atoms with Crippen molar-refractivity contribution < 1.29 is 0 Å². The van der Waals surface area contributed by atoms with Gasteiger partial charge >= 0.3 is 0 Å². The van der Waals surface area contributed by atoms with E-state index < -0.39 is 0 Å². The number of aryl methyl sites for hydroxylation is 1. The Labute approximate surface area is 169 Å². The van der Waals surface area contributed by atoms with Crippen LogP contribution in [0.5, 0.6) is 0 Å². The molecule has 0 fully saturated rings. The highest BCUT2D eigenvalue weighted by molar-refractivity contribution is 5.86. The molecule has 1 aliphatic rings. The van der Waals surface area contributed by atoms with Crippen molar-refractivity contribution in [3.63, 3.8) is 0 Å². The van der Waals surface area contributed by atoms with E-state index >= 15 is 0 Å². The van der Waals surface area contributed by atoms with E-state index in [9.17, 15) is 0 Å². The lowest BCUT2D eigenvalue weighted by Gasteiger charge is -2.36. The number of aromatic nitrogens is 4. The average molecular weight is 385 g/mol. The lowest BCUT2D eigenvalue weighted by atomic mass is 9.96. The predicted molar refractivity (Wildman–Crippen MR) is 116 cm³/mol. The molecular formula is C22H23N7. The zero-order chi connectivity index (χ0) is 20.0. The Morgan fingerprint density at radius 2 is 1.83 bits per heavy atom. The second-order valence-corrected chi connectivity index (χ2v) is 7.59. The normalized spacial score (nSPS) is 16.2. The van der Waals surface area contributed by atoms with Gasteiger partial charge in [-0.3, -0.25) is 0 Å². The first-order chi connectivity index (χ1) is 14.1. The molecule has 0 aliphatic carbocycles. The van der Waals surface area contributed by atoms with E-state index in [0.717, 1.165) is 24.9 Å². The summed E-state index contributed by atoms with van der Waals surface area (Å²) >= 11 is 0. The lowest BCUT2D eigenvalue weighted by molar-refractivity contribution is 0.439. The number of rotatable bonds is 3. The minimum Gasteiger partial charge on any atom is -0.383 e. The lowest BCUT2D eigenvalue weighted by Crippen LogP contribution is -2.37. The largest absolute Gasteiger partial charge is 0.383 e. The Bertz CT molecular complexity index is 1200. The van der Waals surface area contributed by atoms with Crippen LogP contribution in [0.4, 0.5) is 17.5 Å². The maximum Gasteiger partial charge on any atom is 0.224 e. The van der Waals surface area contributed by atoms with E-state index in [1.165, 1.54) is 22.4 Å². The third kappa shape index (κ3) is 3.04. The fourth-order valence-corrected chi connectivity index (χ4v) is 4.20. The summed E-state index contributed by atoms with van der Waals surface area (Å²) in [4.78, 5) is 10.9. The molecular weight excluding hydrogens is 362 g/mol. The van der Waals surface area contributed by atoms with E-state index in [0.29, 0.717) is 11.5 Å². The van der Waals surface area contributed by atoms with Crippen LogP contribution >= 0.6 is 0 Å². The minimum atomic E-state index is 0.125. The number of fused-ring (bicyclic) bond motifs is 2. The highest BCUT2D eigenvalue weighted by Gasteiger charge is 2.28. The summed E-state index contributed by atoms with van der Waals surface area (Å²) in [5.41, 5.74) is 17.8. The number of nitrogens with zero attached hydrogens (tertiary/aromatic N) is 5. The Morgan fingerprint density at radius 3 is 2.69 bits per heavy atom. The van der Waals surface area contributed by atoms with Crippen LogP contribution in [-0.2, 0) is 13.0 Å². The number of nitrogens with two attached hydrogens (primary N) is 2. The van der Waals surface area contributed by atoms with E-state index in [1.54, 1.807) is 6.20 Å². The van der Waals surface area contributed by atoms with Crippen molar-refractivity contribution in [1.29, 1.82) is 0 Å². The molecule has 4 N–H and O–H groups in total. The summed E-state index contributed by atoms with van der Waals surface area (Å²) in [6.45, 7) is 3.83. The van der Waals surface area contributed by atoms with Crippen LogP contribution in [0.3, 0.4) is 0 Å². The Hall–Kier alpha value is -3.61. The van der Waals surface area contributed by atoms with Gasteiger partial charge in [0.05, 0.1) is 17.6 Å². The first-order valence-corrected chi connectivity index (χ1v) is 9.73. The predicted octanol–water partition coefficient (Wildman–Crippen LogP) is 3.10. The summed E-state index contributed by atoms with van der Waals surface area (Å²) in [5, 5.41) is 5.34. The molecule has 29 heavy (non-hydrogen) atoms. The molecule has 1 unspecified atom stereocenters. The molecule has 0 saturated heterocycles. The maximum atomic E-state index is 6.03. The van der Waals surface area contributed by atoms with Crippen LogP contribution in [-0.4, -0.2) is 26.3 Å². The molecule has 0 bridgehead atoms. The monoisotopic (exact) mass is 385 g/mol. The Kier molecular flexibility index (Phi) is 4.08. The van der Waals surface area contributed by atoms with Gasteiger partial charge in [0.2, 0.25) is 5.95 Å². The molecule has 0 amide bonds. The molecule has 4 aromatic rings. The number of hydrogen-bond donors (Lipinski definition) is 2. The zero-order valence-corrected chi connectivity index (χ0v) is 16.3. The molecule has 1 atom stereocenters. The standard InChI is InChI=1S/C22H23N7/c1-14-6-2-3-8-16(14)12-28-13-17(10-15-7-4-5-9-19(15)28)29-21-18(11-25-29)20(23)26-22(24)27-21/h2-9,11,17H,10,12-13H2,1H3,(H4,23,24,26,27). The summed E-state index contributed by atoms with van der Waals surface area (Å²) in [6.07, 6.45) is 2.61. The highest BCUT2D eigenvalue weighted by atomic mass is 15.3. The van der Waals surface area contributed by atoms with Crippen LogP contribution in [0.2, 0.25) is 0 Å². The summed E-state index contributed by atoms with van der Waals surface area (Å²) in [7, 11) is 0. The molecule has 2 aromatic carbocycles. The van der Waals surface area contributed by atoms with Crippen LogP contribution in [0.15, 0.2) is 54.7 Å². The first kappa shape index (κ1) is 17.5. The quantitative estimate of drug-likeness (QED) is 0.562. The minimum absolute atomic E-state index is 0.125. The van der Waals surface area contributed by atoms with Crippen molar-refractivity contribution in [2.24, 2.45) is 0 Å². The van der Waals surface area contributed by atoms with E-state index in [4.69, 9.17) is 11.5 Å². The van der Waals surface area contributed by atoms with Crippen molar-refractivity contribution in [3.8, 4) is 0 Å². The Balaban J connectivity index is 1.56. The molecule has 3 heterocycles. The van der Waals surface area contributed by atoms with Crippen LogP contribution in [0.1, 0.15) is 22.7 Å². The summed E-state index contributed by atoms with van der Waals surface area (Å²) in [5.74, 6) is 0.538. The van der Waals surface area contributed by atoms with Gasteiger partial charge in [0.1, 0.15) is 5.82 Å². The fraction of sp³-hybridized carbons (Fsp3) is 0.227. The van der Waals surface area contributed by atoms with Crippen molar-refractivity contribution in [3.05, 3.63) is 71.4 Å². The number of para-hydroxylation sites is 1. The van der Waals surface area contributed by atoms with Gasteiger partial charge in [0.15, 0.2) is 5.65 Å². The molecule has 1 aliphatic heterocycles. The second-order valence-electron chi connectivity index (χ2n) is 7.59. The topological polar surface area (TPSA) is 98.9 Å². The van der Waals surface area contributed by atoms with Gasteiger partial charge in [-0.25, -0.2) is 4.68 Å². The van der Waals surface area contributed by atoms with E-state index in [2.05, 4.69) is 75.4 Å². The van der Waals surface area contributed by atoms with Gasteiger partial charge in [-0.1, -0.05) is 42.5 Å². The van der Waals surface area contributed by atoms with Gasteiger partial charge in [-0.05, 0) is 36.1 Å². The van der Waals surface area contributed by atoms with Crippen molar-refractivity contribution in [2.45, 2.75) is 25.9 Å². The van der Waals surface area contributed by atoms with Crippen LogP contribution in [0.25, 0.3) is 11.0 Å². The average Bonchev–Trinajstić information content (AvgIpc) is 3.14. The van der Waals surface area contributed by atoms with Crippen LogP contribution < -0.4 is 16.4 Å². The third-order valence-corrected chi connectivity index (χ3v) is 5.69. The molecule has 7 heteroatoms. The molecule has 0 spiro atoms. The van der Waals surface area contributed by atoms with Gasteiger partial charge in [-0.15, -0.1) is 0 Å². The summed E-state index contributed by atoms with van der Waals surface area (Å²) in [6, 6.07) is 17.2. The van der Waals surface area contributed by atoms with Crippen molar-refractivity contribution in [2.75, 3.05) is 22.9 Å². The van der Waals surface area contributed by atoms with Crippen LogP contribution in [0, 0.1) is 6.92 Å². The SMILES string of the molecule is Cc1ccccc1CN1CC(n2ncc3c(N)nc(N)nc32)Cc2ccccc21. The van der Waals surface area contributed by atoms with Gasteiger partial charge in [0.25, 0.3) is 0 Å². The van der Waals surface area contributed by atoms with Crippen molar-refractivity contribution >= 4 is 28.5 Å². The van der Waals surface area contributed by atoms with Gasteiger partial charge in [-0.2, -0.15) is 15.1 Å². The van der Waals surface area contributed by atoms with Gasteiger partial charge in [0, 0.05) is 18.8 Å². The zero-order valence-electron chi connectivity index (χ0n) is 16.3. The molecule has 7 nitrogen and oxygen atoms in total. The van der Waals surface area contributed by atoms with E-state index in [1.807, 2.05) is 4.68 Å². The van der Waals surface area contributed by atoms with Gasteiger partial charge < -0.3 is 16.4 Å². The molecule has 5 rings (SSSR count).